The van der Waals surface area contributed by atoms with Gasteiger partial charge in [-0.2, -0.15) is 0 Å². The summed E-state index contributed by atoms with van der Waals surface area (Å²) in [6, 6.07) is 5.99. The van der Waals surface area contributed by atoms with Crippen molar-refractivity contribution in [3.63, 3.8) is 0 Å². The number of β-amino-alcohol motifs (C(OH)–C–C–N with tert-alkyl or cyclic N) is 1. The fourth-order valence-electron chi connectivity index (χ4n) is 3.60. The maximum atomic E-state index is 12.5. The van der Waals surface area contributed by atoms with Crippen molar-refractivity contribution in [2.75, 3.05) is 58.3 Å². The molecular formula is C25H37N3O4. The van der Waals surface area contributed by atoms with E-state index >= 15 is 0 Å². The van der Waals surface area contributed by atoms with Gasteiger partial charge in [0, 0.05) is 38.4 Å². The maximum Gasteiger partial charge on any atom is 0.238 e. The van der Waals surface area contributed by atoms with Crippen molar-refractivity contribution in [2.45, 2.75) is 26.9 Å². The molecule has 32 heavy (non-hydrogen) atoms. The van der Waals surface area contributed by atoms with E-state index in [1.807, 2.05) is 51.1 Å². The van der Waals surface area contributed by atoms with E-state index in [-0.39, 0.29) is 12.5 Å². The van der Waals surface area contributed by atoms with Gasteiger partial charge in [0.15, 0.2) is 11.5 Å². The fourth-order valence-corrected chi connectivity index (χ4v) is 3.60. The minimum atomic E-state index is -0.634. The van der Waals surface area contributed by atoms with Gasteiger partial charge in [-0.3, -0.25) is 14.6 Å². The Bertz CT molecular complexity index is 806. The van der Waals surface area contributed by atoms with Crippen molar-refractivity contribution >= 4 is 11.6 Å². The molecule has 1 atom stereocenters. The van der Waals surface area contributed by atoms with Crippen LogP contribution in [0.25, 0.3) is 0 Å². The van der Waals surface area contributed by atoms with E-state index in [4.69, 9.17) is 9.47 Å². The van der Waals surface area contributed by atoms with Gasteiger partial charge in [-0.1, -0.05) is 36.9 Å². The largest absolute Gasteiger partial charge is 0.493 e. The lowest BCUT2D eigenvalue weighted by Gasteiger charge is -2.35. The predicted octanol–water partition coefficient (Wildman–Crippen LogP) is 2.86. The molecule has 0 aliphatic carbocycles. The minimum absolute atomic E-state index is 0.00252. The van der Waals surface area contributed by atoms with Gasteiger partial charge in [0.25, 0.3) is 0 Å². The minimum Gasteiger partial charge on any atom is -0.493 e. The second-order valence-corrected chi connectivity index (χ2v) is 8.04. The molecule has 1 fully saturated rings. The molecule has 0 aromatic heterocycles. The van der Waals surface area contributed by atoms with E-state index in [1.165, 1.54) is 0 Å². The smallest absolute Gasteiger partial charge is 0.238 e. The van der Waals surface area contributed by atoms with Crippen molar-refractivity contribution in [2.24, 2.45) is 0 Å². The van der Waals surface area contributed by atoms with Crippen molar-refractivity contribution in [3.8, 4) is 0 Å². The number of anilines is 1. The van der Waals surface area contributed by atoms with Crippen LogP contribution in [0.15, 0.2) is 54.5 Å². The zero-order chi connectivity index (χ0) is 23.5. The van der Waals surface area contributed by atoms with Crippen LogP contribution in [-0.2, 0) is 14.3 Å². The van der Waals surface area contributed by atoms with E-state index in [0.717, 1.165) is 43.0 Å². The van der Waals surface area contributed by atoms with Gasteiger partial charge in [0.1, 0.15) is 12.7 Å². The molecule has 1 amide bonds. The Hall–Kier alpha value is -2.61. The maximum absolute atomic E-state index is 12.5. The van der Waals surface area contributed by atoms with E-state index in [9.17, 15) is 9.90 Å². The number of piperazine rings is 1. The van der Waals surface area contributed by atoms with Crippen LogP contribution in [0.4, 0.5) is 5.69 Å². The summed E-state index contributed by atoms with van der Waals surface area (Å²) in [6.45, 7) is 13.9. The summed E-state index contributed by atoms with van der Waals surface area (Å²) in [5.41, 5.74) is 3.03. The number of ether oxygens (including phenoxy) is 2. The van der Waals surface area contributed by atoms with E-state index in [0.29, 0.717) is 24.6 Å². The first kappa shape index (κ1) is 25.6. The second-order valence-electron chi connectivity index (χ2n) is 8.04. The fraction of sp³-hybridized carbons (Fsp3) is 0.480. The van der Waals surface area contributed by atoms with Crippen LogP contribution in [0.5, 0.6) is 0 Å². The number of allylic oxidation sites excluding steroid dienone is 3. The van der Waals surface area contributed by atoms with Crippen LogP contribution >= 0.6 is 0 Å². The topological polar surface area (TPSA) is 74.3 Å². The number of carbonyl (C=O) groups excluding carboxylic acids is 1. The summed E-state index contributed by atoms with van der Waals surface area (Å²) in [7, 11) is 1.56. The number of hydrogen-bond donors (Lipinski definition) is 2. The molecule has 1 saturated heterocycles. The van der Waals surface area contributed by atoms with Crippen LogP contribution in [0.1, 0.15) is 18.1 Å². The van der Waals surface area contributed by atoms with Gasteiger partial charge in [0.2, 0.25) is 5.91 Å². The van der Waals surface area contributed by atoms with Gasteiger partial charge in [0.05, 0.1) is 13.7 Å². The molecule has 0 saturated carbocycles. The summed E-state index contributed by atoms with van der Waals surface area (Å²) in [4.78, 5) is 16.8. The van der Waals surface area contributed by atoms with Gasteiger partial charge in [-0.25, -0.2) is 0 Å². The first-order valence-corrected chi connectivity index (χ1v) is 11.0. The number of rotatable bonds is 11. The molecule has 7 nitrogen and oxygen atoms in total. The number of aliphatic hydroxyl groups excluding tert-OH is 1. The third kappa shape index (κ3) is 8.15. The highest BCUT2D eigenvalue weighted by Crippen LogP contribution is 2.19. The number of nitrogens with one attached hydrogen (secondary N) is 1. The summed E-state index contributed by atoms with van der Waals surface area (Å²) < 4.78 is 10.8. The van der Waals surface area contributed by atoms with E-state index in [1.54, 1.807) is 13.2 Å². The standard InChI is InChI=1S/C25H37N3O4/c1-6-7-11-23(31-5)21(4)32-18-22(29)16-27-12-14-28(15-13-27)17-24(30)26-25-19(2)9-8-10-20(25)3/h6-11,22,29H,4,12-18H2,1-3,5H3,(H,26,30). The summed E-state index contributed by atoms with van der Waals surface area (Å²) in [5, 5.41) is 13.4. The number of methoxy groups -OCH3 is 1. The lowest BCUT2D eigenvalue weighted by Crippen LogP contribution is -2.50. The average molecular weight is 444 g/mol. The molecule has 0 radical (unpaired) electrons. The first-order valence-electron chi connectivity index (χ1n) is 11.0. The number of para-hydroxylation sites is 1. The number of aliphatic hydroxyl groups is 1. The summed E-state index contributed by atoms with van der Waals surface area (Å²) in [5.74, 6) is 0.926. The van der Waals surface area contributed by atoms with Gasteiger partial charge in [-0.05, 0) is 38.0 Å². The predicted molar refractivity (Wildman–Crippen MR) is 128 cm³/mol. The Morgan fingerprint density at radius 3 is 2.44 bits per heavy atom. The molecule has 0 spiro atoms. The number of amides is 1. The van der Waals surface area contributed by atoms with Gasteiger partial charge >= 0.3 is 0 Å². The van der Waals surface area contributed by atoms with Crippen LogP contribution in [0, 0.1) is 13.8 Å². The number of aryl methyl sites for hydroxylation is 2. The summed E-state index contributed by atoms with van der Waals surface area (Å²) in [6.07, 6.45) is 4.86. The van der Waals surface area contributed by atoms with E-state index < -0.39 is 6.10 Å². The molecule has 0 bridgehead atoms. The molecule has 176 valence electrons. The Balaban J connectivity index is 1.71. The number of benzene rings is 1. The molecular weight excluding hydrogens is 406 g/mol. The van der Waals surface area contributed by atoms with Gasteiger partial charge in [-0.15, -0.1) is 0 Å². The Morgan fingerprint density at radius 1 is 1.22 bits per heavy atom. The van der Waals surface area contributed by atoms with Gasteiger partial charge < -0.3 is 19.9 Å². The number of hydrogen-bond acceptors (Lipinski definition) is 6. The highest BCUT2D eigenvalue weighted by molar-refractivity contribution is 5.93. The highest BCUT2D eigenvalue weighted by Gasteiger charge is 2.21. The van der Waals surface area contributed by atoms with E-state index in [2.05, 4.69) is 21.7 Å². The molecule has 7 heteroatoms. The Kier molecular flexibility index (Phi) is 10.5. The van der Waals surface area contributed by atoms with Crippen LogP contribution in [0.2, 0.25) is 0 Å². The van der Waals surface area contributed by atoms with Crippen molar-refractivity contribution in [3.05, 3.63) is 65.7 Å². The molecule has 1 aromatic carbocycles. The third-order valence-corrected chi connectivity index (χ3v) is 5.43. The van der Waals surface area contributed by atoms with Crippen molar-refractivity contribution < 1.29 is 19.4 Å². The molecule has 2 rings (SSSR count). The first-order chi connectivity index (χ1) is 15.3. The lowest BCUT2D eigenvalue weighted by molar-refractivity contribution is -0.117. The average Bonchev–Trinajstić information content (AvgIpc) is 2.77. The zero-order valence-corrected chi connectivity index (χ0v) is 19.8. The monoisotopic (exact) mass is 443 g/mol. The normalized spacial score (nSPS) is 16.7. The Morgan fingerprint density at radius 2 is 1.84 bits per heavy atom. The molecule has 1 unspecified atom stereocenters. The molecule has 1 heterocycles. The third-order valence-electron chi connectivity index (χ3n) is 5.43. The highest BCUT2D eigenvalue weighted by atomic mass is 16.5. The SMILES string of the molecule is C=C(OCC(O)CN1CCN(CC(=O)Nc2c(C)cccc2C)CC1)C(=CC=CC)OC. The van der Waals surface area contributed by atoms with Crippen molar-refractivity contribution in [1.82, 2.24) is 9.80 Å². The number of nitrogens with zero attached hydrogens (tertiary/aromatic N) is 2. The van der Waals surface area contributed by atoms with Crippen LogP contribution < -0.4 is 5.32 Å². The van der Waals surface area contributed by atoms with Crippen LogP contribution in [0.3, 0.4) is 0 Å². The lowest BCUT2D eigenvalue weighted by atomic mass is 10.1. The zero-order valence-electron chi connectivity index (χ0n) is 19.8. The molecule has 1 aromatic rings. The molecule has 1 aliphatic rings. The molecule has 1 aliphatic heterocycles. The summed E-state index contributed by atoms with van der Waals surface area (Å²) >= 11 is 0. The molecule has 2 N–H and O–H groups in total. The quantitative estimate of drug-likeness (QED) is 0.405. The Labute approximate surface area is 192 Å². The van der Waals surface area contributed by atoms with Crippen LogP contribution in [-0.4, -0.2) is 79.9 Å². The van der Waals surface area contributed by atoms with Crippen molar-refractivity contribution in [1.29, 1.82) is 0 Å². The number of carbonyl (C=O) groups is 1. The second kappa shape index (κ2) is 13.1.